The second-order valence-electron chi connectivity index (χ2n) is 1.83. The largest absolute Gasteiger partial charge is 0.0875 e. The molecule has 0 radical (unpaired) electrons. The zero-order chi connectivity index (χ0) is 6.57. The minimum absolute atomic E-state index is 0.488. The Morgan fingerprint density at radius 3 is 2.38 bits per heavy atom. The maximum atomic E-state index is 4.92. The standard InChI is InChI=1S/C6H10S2/c1-3-5(2)6(8)4-7/h4-5H,3H2,1-2H3. The van der Waals surface area contributed by atoms with E-state index in [1.54, 1.807) is 5.37 Å². The number of hydrogen-bond donors (Lipinski definition) is 0. The van der Waals surface area contributed by atoms with Crippen molar-refractivity contribution >= 4 is 34.7 Å². The maximum absolute atomic E-state index is 4.92. The summed E-state index contributed by atoms with van der Waals surface area (Å²) in [5.41, 5.74) is 0. The number of rotatable bonds is 3. The summed E-state index contributed by atoms with van der Waals surface area (Å²) in [6.45, 7) is 4.20. The molecule has 2 heteroatoms. The molecule has 0 aromatic rings. The predicted molar refractivity (Wildman–Crippen MR) is 45.7 cm³/mol. The van der Waals surface area contributed by atoms with Crippen molar-refractivity contribution in [3.05, 3.63) is 0 Å². The van der Waals surface area contributed by atoms with E-state index < -0.39 is 0 Å². The van der Waals surface area contributed by atoms with E-state index in [2.05, 4.69) is 26.1 Å². The first-order chi connectivity index (χ1) is 3.72. The van der Waals surface area contributed by atoms with E-state index in [0.717, 1.165) is 11.3 Å². The van der Waals surface area contributed by atoms with Gasteiger partial charge in [-0.1, -0.05) is 38.3 Å². The lowest BCUT2D eigenvalue weighted by molar-refractivity contribution is 0.757. The Morgan fingerprint density at radius 2 is 2.25 bits per heavy atom. The van der Waals surface area contributed by atoms with Gasteiger partial charge in [0.25, 0.3) is 0 Å². The fraction of sp³-hybridized carbons (Fsp3) is 0.667. The summed E-state index contributed by atoms with van der Waals surface area (Å²) in [6, 6.07) is 0. The van der Waals surface area contributed by atoms with Crippen molar-refractivity contribution in [3.8, 4) is 0 Å². The molecule has 0 fully saturated rings. The second kappa shape index (κ2) is 4.10. The molecule has 0 saturated carbocycles. The zero-order valence-corrected chi connectivity index (χ0v) is 6.81. The SMILES string of the molecule is CCC(C)C(=S)C=S. The van der Waals surface area contributed by atoms with Gasteiger partial charge in [-0.2, -0.15) is 0 Å². The third-order valence-electron chi connectivity index (χ3n) is 1.21. The van der Waals surface area contributed by atoms with E-state index in [-0.39, 0.29) is 0 Å². The van der Waals surface area contributed by atoms with E-state index in [1.165, 1.54) is 0 Å². The van der Waals surface area contributed by atoms with E-state index in [4.69, 9.17) is 12.2 Å². The lowest BCUT2D eigenvalue weighted by Crippen LogP contribution is -2.06. The summed E-state index contributed by atoms with van der Waals surface area (Å²) < 4.78 is 0. The molecular weight excluding hydrogens is 136 g/mol. The topological polar surface area (TPSA) is 0 Å². The van der Waals surface area contributed by atoms with Gasteiger partial charge in [0.1, 0.15) is 0 Å². The van der Waals surface area contributed by atoms with Crippen LogP contribution in [0.1, 0.15) is 20.3 Å². The van der Waals surface area contributed by atoms with Crippen molar-refractivity contribution in [3.63, 3.8) is 0 Å². The highest BCUT2D eigenvalue weighted by atomic mass is 32.1. The van der Waals surface area contributed by atoms with Gasteiger partial charge in [0.05, 0.1) is 0 Å². The first kappa shape index (κ1) is 8.18. The third-order valence-corrected chi connectivity index (χ3v) is 2.14. The summed E-state index contributed by atoms with van der Waals surface area (Å²) in [6.07, 6.45) is 1.09. The van der Waals surface area contributed by atoms with Gasteiger partial charge in [0.15, 0.2) is 0 Å². The lowest BCUT2D eigenvalue weighted by Gasteiger charge is -2.02. The summed E-state index contributed by atoms with van der Waals surface area (Å²) in [7, 11) is 0. The Bertz CT molecular complexity index is 96.7. The molecular formula is C6H10S2. The predicted octanol–water partition coefficient (Wildman–Crippen LogP) is 2.40. The molecule has 0 aliphatic rings. The molecule has 46 valence electrons. The highest BCUT2D eigenvalue weighted by molar-refractivity contribution is 7.88. The van der Waals surface area contributed by atoms with E-state index >= 15 is 0 Å². The van der Waals surface area contributed by atoms with Crippen LogP contribution < -0.4 is 0 Å². The van der Waals surface area contributed by atoms with Gasteiger partial charge in [-0.25, -0.2) is 0 Å². The van der Waals surface area contributed by atoms with Gasteiger partial charge >= 0.3 is 0 Å². The van der Waals surface area contributed by atoms with Gasteiger partial charge in [-0.05, 0) is 12.3 Å². The third kappa shape index (κ3) is 2.48. The number of hydrogen-bond acceptors (Lipinski definition) is 2. The quantitative estimate of drug-likeness (QED) is 0.561. The summed E-state index contributed by atoms with van der Waals surface area (Å²) >= 11 is 9.57. The van der Waals surface area contributed by atoms with Crippen LogP contribution >= 0.6 is 24.4 Å². The van der Waals surface area contributed by atoms with Crippen molar-refractivity contribution in [2.75, 3.05) is 0 Å². The monoisotopic (exact) mass is 146 g/mol. The molecule has 0 bridgehead atoms. The molecule has 0 aliphatic carbocycles. The van der Waals surface area contributed by atoms with Crippen LogP contribution in [-0.4, -0.2) is 10.2 Å². The molecule has 0 aliphatic heterocycles. The lowest BCUT2D eigenvalue weighted by atomic mass is 10.1. The Hall–Kier alpha value is 0.180. The molecule has 0 aromatic carbocycles. The van der Waals surface area contributed by atoms with Crippen molar-refractivity contribution in [1.29, 1.82) is 0 Å². The van der Waals surface area contributed by atoms with Crippen molar-refractivity contribution in [2.24, 2.45) is 5.92 Å². The summed E-state index contributed by atoms with van der Waals surface area (Å²) in [4.78, 5) is 0.905. The van der Waals surface area contributed by atoms with Gasteiger partial charge in [-0.3, -0.25) is 0 Å². The Kier molecular flexibility index (Phi) is 4.19. The molecule has 0 amide bonds. The minimum atomic E-state index is 0.488. The molecule has 0 saturated heterocycles. The van der Waals surface area contributed by atoms with Gasteiger partial charge in [0.2, 0.25) is 0 Å². The van der Waals surface area contributed by atoms with Gasteiger partial charge in [0, 0.05) is 10.2 Å². The fourth-order valence-electron chi connectivity index (χ4n) is 0.317. The molecule has 8 heavy (non-hydrogen) atoms. The summed E-state index contributed by atoms with van der Waals surface area (Å²) in [5.74, 6) is 0.488. The Morgan fingerprint density at radius 1 is 1.75 bits per heavy atom. The normalized spacial score (nSPS) is 12.8. The van der Waals surface area contributed by atoms with Crippen LogP contribution in [0.2, 0.25) is 0 Å². The van der Waals surface area contributed by atoms with Crippen molar-refractivity contribution < 1.29 is 0 Å². The summed E-state index contributed by atoms with van der Waals surface area (Å²) in [5, 5.41) is 1.59. The van der Waals surface area contributed by atoms with Crippen LogP contribution in [0.4, 0.5) is 0 Å². The second-order valence-corrected chi connectivity index (χ2v) is 2.54. The zero-order valence-electron chi connectivity index (χ0n) is 5.18. The highest BCUT2D eigenvalue weighted by Crippen LogP contribution is 2.01. The Balaban J connectivity index is 3.62. The first-order valence-electron chi connectivity index (χ1n) is 2.71. The molecule has 1 unspecified atom stereocenters. The van der Waals surface area contributed by atoms with Gasteiger partial charge in [-0.15, -0.1) is 0 Å². The highest BCUT2D eigenvalue weighted by Gasteiger charge is 2.00. The van der Waals surface area contributed by atoms with Crippen molar-refractivity contribution in [1.82, 2.24) is 0 Å². The number of thiocarbonyl (C=S) groups is 2. The molecule has 1 atom stereocenters. The fourth-order valence-corrected chi connectivity index (χ4v) is 0.716. The van der Waals surface area contributed by atoms with E-state index in [9.17, 15) is 0 Å². The van der Waals surface area contributed by atoms with Crippen LogP contribution in [0, 0.1) is 5.92 Å². The van der Waals surface area contributed by atoms with Crippen molar-refractivity contribution in [2.45, 2.75) is 20.3 Å². The minimum Gasteiger partial charge on any atom is -0.0875 e. The molecule has 0 N–H and O–H groups in total. The molecule has 0 aromatic heterocycles. The Labute approximate surface area is 61.3 Å². The molecule has 0 heterocycles. The van der Waals surface area contributed by atoms with Crippen LogP contribution in [0.5, 0.6) is 0 Å². The molecule has 0 rings (SSSR count). The average molecular weight is 146 g/mol. The first-order valence-corrected chi connectivity index (χ1v) is 3.59. The van der Waals surface area contributed by atoms with Gasteiger partial charge < -0.3 is 0 Å². The molecule has 0 spiro atoms. The van der Waals surface area contributed by atoms with E-state index in [1.807, 2.05) is 0 Å². The molecule has 0 nitrogen and oxygen atoms in total. The van der Waals surface area contributed by atoms with Crippen LogP contribution in [0.25, 0.3) is 0 Å². The smallest absolute Gasteiger partial charge is 0.0287 e. The van der Waals surface area contributed by atoms with Crippen LogP contribution in [-0.2, 0) is 0 Å². The van der Waals surface area contributed by atoms with E-state index in [0.29, 0.717) is 5.92 Å². The van der Waals surface area contributed by atoms with Crippen LogP contribution in [0.15, 0.2) is 0 Å². The maximum Gasteiger partial charge on any atom is 0.0287 e. The van der Waals surface area contributed by atoms with Crippen LogP contribution in [0.3, 0.4) is 0 Å². The average Bonchev–Trinajstić information content (AvgIpc) is 1.84.